The van der Waals surface area contributed by atoms with Crippen LogP contribution in [0.3, 0.4) is 0 Å². The highest BCUT2D eigenvalue weighted by Crippen LogP contribution is 2.22. The number of nitro benzene ring substituents is 1. The van der Waals surface area contributed by atoms with Gasteiger partial charge in [0.2, 0.25) is 0 Å². The van der Waals surface area contributed by atoms with E-state index in [4.69, 9.17) is 5.73 Å². The predicted octanol–water partition coefficient (Wildman–Crippen LogP) is 1.57. The van der Waals surface area contributed by atoms with Gasteiger partial charge < -0.3 is 11.1 Å². The van der Waals surface area contributed by atoms with Crippen LogP contribution in [0, 0.1) is 10.1 Å². The number of rotatable bonds is 5. The number of nitrogen functional groups attached to an aromatic ring is 1. The van der Waals surface area contributed by atoms with E-state index in [-0.39, 0.29) is 5.69 Å². The molecular formula is C12H15N5O2. The molecule has 2 aromatic rings. The third-order valence-electron chi connectivity index (χ3n) is 2.63. The first-order valence-electron chi connectivity index (χ1n) is 5.82. The molecule has 1 heterocycles. The Labute approximate surface area is 110 Å². The molecule has 2 rings (SSSR count). The minimum Gasteiger partial charge on any atom is -0.398 e. The molecule has 0 radical (unpaired) electrons. The summed E-state index contributed by atoms with van der Waals surface area (Å²) < 4.78 is 1.74. The van der Waals surface area contributed by atoms with Gasteiger partial charge in [-0.15, -0.1) is 0 Å². The molecule has 0 atom stereocenters. The monoisotopic (exact) mass is 261 g/mol. The first kappa shape index (κ1) is 12.9. The topological polar surface area (TPSA) is 99.0 Å². The van der Waals surface area contributed by atoms with Crippen molar-refractivity contribution in [3.8, 4) is 0 Å². The number of aromatic nitrogens is 2. The summed E-state index contributed by atoms with van der Waals surface area (Å²) in [6.07, 6.45) is 2.62. The van der Waals surface area contributed by atoms with Gasteiger partial charge in [0.05, 0.1) is 10.6 Å². The maximum absolute atomic E-state index is 10.7. The summed E-state index contributed by atoms with van der Waals surface area (Å²) in [4.78, 5) is 10.3. The highest BCUT2D eigenvalue weighted by atomic mass is 16.6. The number of anilines is 2. The molecule has 0 saturated carbocycles. The molecule has 0 aliphatic rings. The Hall–Kier alpha value is -2.57. The summed E-state index contributed by atoms with van der Waals surface area (Å²) in [5, 5.41) is 18.1. The standard InChI is InChI=1S/C12H15N5O2/c1-16-5-3-10(15-16)2-4-14-11-6-9(13)7-12(8-11)17(18)19/h3,5-8,14H,2,4,13H2,1H3. The van der Waals surface area contributed by atoms with Crippen molar-refractivity contribution in [3.63, 3.8) is 0 Å². The van der Waals surface area contributed by atoms with Crippen LogP contribution in [0.5, 0.6) is 0 Å². The maximum Gasteiger partial charge on any atom is 0.273 e. The second-order valence-corrected chi connectivity index (χ2v) is 4.23. The molecule has 3 N–H and O–H groups in total. The van der Waals surface area contributed by atoms with Gasteiger partial charge >= 0.3 is 0 Å². The summed E-state index contributed by atoms with van der Waals surface area (Å²) in [7, 11) is 1.86. The Bertz CT molecular complexity index is 594. The summed E-state index contributed by atoms with van der Waals surface area (Å²) in [5.74, 6) is 0. The summed E-state index contributed by atoms with van der Waals surface area (Å²) in [5.41, 5.74) is 7.59. The highest BCUT2D eigenvalue weighted by Gasteiger charge is 2.08. The molecule has 0 amide bonds. The third kappa shape index (κ3) is 3.44. The number of aryl methyl sites for hydroxylation is 1. The average molecular weight is 261 g/mol. The zero-order chi connectivity index (χ0) is 13.8. The van der Waals surface area contributed by atoms with Gasteiger partial charge in [-0.25, -0.2) is 0 Å². The normalized spacial score (nSPS) is 10.4. The molecule has 1 aromatic carbocycles. The Kier molecular flexibility index (Phi) is 3.65. The van der Waals surface area contributed by atoms with Crippen molar-refractivity contribution < 1.29 is 4.92 Å². The van der Waals surface area contributed by atoms with Crippen molar-refractivity contribution in [2.75, 3.05) is 17.6 Å². The first-order valence-corrected chi connectivity index (χ1v) is 5.82. The second-order valence-electron chi connectivity index (χ2n) is 4.23. The van der Waals surface area contributed by atoms with Gasteiger partial charge in [0.25, 0.3) is 5.69 Å². The fourth-order valence-electron chi connectivity index (χ4n) is 1.77. The zero-order valence-electron chi connectivity index (χ0n) is 10.5. The van der Waals surface area contributed by atoms with Crippen molar-refractivity contribution in [1.29, 1.82) is 0 Å². The molecule has 0 spiro atoms. The van der Waals surface area contributed by atoms with Crippen molar-refractivity contribution in [2.45, 2.75) is 6.42 Å². The lowest BCUT2D eigenvalue weighted by Crippen LogP contribution is -2.06. The number of non-ortho nitro benzene ring substituents is 1. The molecule has 0 saturated heterocycles. The van der Waals surface area contributed by atoms with E-state index in [0.717, 1.165) is 12.1 Å². The van der Waals surface area contributed by atoms with Gasteiger partial charge in [-0.1, -0.05) is 0 Å². The lowest BCUT2D eigenvalue weighted by Gasteiger charge is -2.06. The molecule has 0 fully saturated rings. The van der Waals surface area contributed by atoms with Gasteiger partial charge in [-0.05, 0) is 12.1 Å². The van der Waals surface area contributed by atoms with Crippen LogP contribution in [0.2, 0.25) is 0 Å². The van der Waals surface area contributed by atoms with Crippen LogP contribution in [0.15, 0.2) is 30.5 Å². The van der Waals surface area contributed by atoms with E-state index < -0.39 is 4.92 Å². The van der Waals surface area contributed by atoms with Crippen LogP contribution in [0.4, 0.5) is 17.1 Å². The molecule has 1 aromatic heterocycles. The fourth-order valence-corrected chi connectivity index (χ4v) is 1.77. The summed E-state index contributed by atoms with van der Waals surface area (Å²) in [6.45, 7) is 0.637. The van der Waals surface area contributed by atoms with Gasteiger partial charge in [0.15, 0.2) is 0 Å². The van der Waals surface area contributed by atoms with Crippen molar-refractivity contribution in [3.05, 3.63) is 46.3 Å². The van der Waals surface area contributed by atoms with Crippen molar-refractivity contribution in [2.24, 2.45) is 7.05 Å². The SMILES string of the molecule is Cn1ccc(CCNc2cc(N)cc([N+](=O)[O-])c2)n1. The molecule has 0 bridgehead atoms. The largest absolute Gasteiger partial charge is 0.398 e. The maximum atomic E-state index is 10.7. The predicted molar refractivity (Wildman–Crippen MR) is 72.9 cm³/mol. The van der Waals surface area contributed by atoms with E-state index in [1.165, 1.54) is 12.1 Å². The second kappa shape index (κ2) is 5.38. The van der Waals surface area contributed by atoms with Crippen LogP contribution in [-0.2, 0) is 13.5 Å². The number of hydrogen-bond donors (Lipinski definition) is 2. The number of benzene rings is 1. The van der Waals surface area contributed by atoms with E-state index in [2.05, 4.69) is 10.4 Å². The number of nitrogens with zero attached hydrogens (tertiary/aromatic N) is 3. The molecule has 19 heavy (non-hydrogen) atoms. The van der Waals surface area contributed by atoms with E-state index in [1.807, 2.05) is 19.3 Å². The minimum atomic E-state index is -0.458. The summed E-state index contributed by atoms with van der Waals surface area (Å²) >= 11 is 0. The Morgan fingerprint density at radius 1 is 1.47 bits per heavy atom. The number of hydrogen-bond acceptors (Lipinski definition) is 5. The average Bonchev–Trinajstić information content (AvgIpc) is 2.74. The van der Waals surface area contributed by atoms with Gasteiger partial charge in [-0.3, -0.25) is 14.8 Å². The van der Waals surface area contributed by atoms with Crippen molar-refractivity contribution in [1.82, 2.24) is 9.78 Å². The highest BCUT2D eigenvalue weighted by molar-refractivity contribution is 5.61. The lowest BCUT2D eigenvalue weighted by molar-refractivity contribution is -0.384. The van der Waals surface area contributed by atoms with Crippen LogP contribution < -0.4 is 11.1 Å². The Balaban J connectivity index is 1.97. The summed E-state index contributed by atoms with van der Waals surface area (Å²) in [6, 6.07) is 6.41. The van der Waals surface area contributed by atoms with Crippen molar-refractivity contribution >= 4 is 17.1 Å². The minimum absolute atomic E-state index is 0.0136. The van der Waals surface area contributed by atoms with E-state index in [0.29, 0.717) is 17.9 Å². The van der Waals surface area contributed by atoms with Gasteiger partial charge in [0.1, 0.15) is 0 Å². The quantitative estimate of drug-likeness (QED) is 0.483. The molecule has 7 nitrogen and oxygen atoms in total. The van der Waals surface area contributed by atoms with Gasteiger partial charge in [-0.2, -0.15) is 5.10 Å². The number of nitrogens with two attached hydrogens (primary N) is 1. The van der Waals surface area contributed by atoms with E-state index in [1.54, 1.807) is 10.7 Å². The van der Waals surface area contributed by atoms with Crippen LogP contribution in [0.25, 0.3) is 0 Å². The third-order valence-corrected chi connectivity index (χ3v) is 2.63. The Morgan fingerprint density at radius 2 is 2.26 bits per heavy atom. The molecule has 0 unspecified atom stereocenters. The first-order chi connectivity index (χ1) is 9.04. The smallest absolute Gasteiger partial charge is 0.273 e. The van der Waals surface area contributed by atoms with E-state index in [9.17, 15) is 10.1 Å². The van der Waals surface area contributed by atoms with Crippen LogP contribution in [-0.4, -0.2) is 21.2 Å². The molecule has 100 valence electrons. The fraction of sp³-hybridized carbons (Fsp3) is 0.250. The number of nitro groups is 1. The molecule has 7 heteroatoms. The molecule has 0 aliphatic carbocycles. The van der Waals surface area contributed by atoms with Crippen LogP contribution >= 0.6 is 0 Å². The molecule has 0 aliphatic heterocycles. The lowest BCUT2D eigenvalue weighted by atomic mass is 10.2. The van der Waals surface area contributed by atoms with E-state index >= 15 is 0 Å². The number of nitrogens with one attached hydrogen (secondary N) is 1. The molecular weight excluding hydrogens is 246 g/mol. The zero-order valence-corrected chi connectivity index (χ0v) is 10.5. The van der Waals surface area contributed by atoms with Crippen LogP contribution in [0.1, 0.15) is 5.69 Å². The Morgan fingerprint density at radius 3 is 2.89 bits per heavy atom. The van der Waals surface area contributed by atoms with Gasteiger partial charge in [0, 0.05) is 49.7 Å².